The quantitative estimate of drug-likeness (QED) is 0.456. The lowest BCUT2D eigenvalue weighted by Gasteiger charge is -2.20. The number of ether oxygens (including phenoxy) is 3. The van der Waals surface area contributed by atoms with Crippen LogP contribution < -0.4 is 9.47 Å². The Hall–Kier alpha value is -1.75. The number of hydrogen-bond acceptors (Lipinski definition) is 5. The zero-order valence-corrected chi connectivity index (χ0v) is 15.9. The maximum Gasteiger partial charge on any atom is 0.302 e. The van der Waals surface area contributed by atoms with E-state index in [9.17, 15) is 9.90 Å². The van der Waals surface area contributed by atoms with Crippen molar-refractivity contribution in [3.63, 3.8) is 0 Å². The van der Waals surface area contributed by atoms with E-state index in [1.54, 1.807) is 14.2 Å². The highest BCUT2D eigenvalue weighted by molar-refractivity contribution is 5.66. The summed E-state index contributed by atoms with van der Waals surface area (Å²) in [6.07, 6.45) is 5.16. The molecule has 142 valence electrons. The Morgan fingerprint density at radius 2 is 1.84 bits per heavy atom. The van der Waals surface area contributed by atoms with Gasteiger partial charge in [-0.15, -0.1) is 0 Å². The molecule has 0 spiro atoms. The monoisotopic (exact) mass is 352 g/mol. The molecule has 0 heterocycles. The van der Waals surface area contributed by atoms with E-state index in [1.165, 1.54) is 6.92 Å². The summed E-state index contributed by atoms with van der Waals surface area (Å²) in [5.74, 6) is 1.10. The van der Waals surface area contributed by atoms with Gasteiger partial charge in [0.25, 0.3) is 0 Å². The summed E-state index contributed by atoms with van der Waals surface area (Å²) in [7, 11) is 3.21. The lowest BCUT2D eigenvalue weighted by atomic mass is 9.99. The third-order valence-electron chi connectivity index (χ3n) is 4.21. The molecule has 0 saturated heterocycles. The first-order valence-corrected chi connectivity index (χ1v) is 9.06. The van der Waals surface area contributed by atoms with Crippen LogP contribution in [-0.4, -0.2) is 37.5 Å². The van der Waals surface area contributed by atoms with E-state index in [0.29, 0.717) is 24.3 Å². The molecule has 25 heavy (non-hydrogen) atoms. The Morgan fingerprint density at radius 3 is 2.44 bits per heavy atom. The number of rotatable bonds is 12. The molecule has 2 atom stereocenters. The number of aryl methyl sites for hydroxylation is 1. The van der Waals surface area contributed by atoms with E-state index < -0.39 is 6.10 Å². The second kappa shape index (κ2) is 11.7. The van der Waals surface area contributed by atoms with E-state index in [0.717, 1.165) is 37.7 Å². The largest absolute Gasteiger partial charge is 0.493 e. The number of aliphatic hydroxyl groups excluding tert-OH is 1. The first-order chi connectivity index (χ1) is 12.0. The molecular formula is C20H32O5. The van der Waals surface area contributed by atoms with Crippen molar-refractivity contribution in [2.75, 3.05) is 14.2 Å². The zero-order chi connectivity index (χ0) is 18.7. The number of aliphatic hydroxyl groups is 1. The smallest absolute Gasteiger partial charge is 0.302 e. The summed E-state index contributed by atoms with van der Waals surface area (Å²) in [5, 5.41) is 10.3. The van der Waals surface area contributed by atoms with Gasteiger partial charge in [-0.25, -0.2) is 0 Å². The maximum atomic E-state index is 11.2. The van der Waals surface area contributed by atoms with Crippen LogP contribution >= 0.6 is 0 Å². The van der Waals surface area contributed by atoms with Gasteiger partial charge in [-0.2, -0.15) is 0 Å². The molecule has 0 fully saturated rings. The van der Waals surface area contributed by atoms with Crippen LogP contribution in [0.3, 0.4) is 0 Å². The van der Waals surface area contributed by atoms with E-state index >= 15 is 0 Å². The van der Waals surface area contributed by atoms with Gasteiger partial charge in [0.15, 0.2) is 11.5 Å². The number of hydrogen-bond donors (Lipinski definition) is 1. The second-order valence-electron chi connectivity index (χ2n) is 6.34. The molecule has 1 N–H and O–H groups in total. The van der Waals surface area contributed by atoms with Crippen LogP contribution in [0.25, 0.3) is 0 Å². The summed E-state index contributed by atoms with van der Waals surface area (Å²) < 4.78 is 15.9. The van der Waals surface area contributed by atoms with Crippen LogP contribution in [0.4, 0.5) is 0 Å². The third-order valence-corrected chi connectivity index (χ3v) is 4.21. The van der Waals surface area contributed by atoms with Crippen LogP contribution in [0.1, 0.15) is 57.9 Å². The van der Waals surface area contributed by atoms with Crippen LogP contribution in [0.5, 0.6) is 11.5 Å². The minimum absolute atomic E-state index is 0.204. The van der Waals surface area contributed by atoms with Crippen molar-refractivity contribution in [1.82, 2.24) is 0 Å². The highest BCUT2D eigenvalue weighted by Gasteiger charge is 2.17. The fourth-order valence-electron chi connectivity index (χ4n) is 2.87. The van der Waals surface area contributed by atoms with Gasteiger partial charge in [0.2, 0.25) is 0 Å². The van der Waals surface area contributed by atoms with Gasteiger partial charge < -0.3 is 19.3 Å². The molecule has 0 aliphatic carbocycles. The Balaban J connectivity index is 2.52. The molecule has 0 bridgehead atoms. The molecule has 0 saturated carbocycles. The van der Waals surface area contributed by atoms with Crippen molar-refractivity contribution in [3.05, 3.63) is 23.8 Å². The summed E-state index contributed by atoms with van der Waals surface area (Å²) in [4.78, 5) is 11.2. The third kappa shape index (κ3) is 8.25. The number of methoxy groups -OCH3 is 2. The van der Waals surface area contributed by atoms with Crippen LogP contribution in [0.2, 0.25) is 0 Å². The lowest BCUT2D eigenvalue weighted by molar-refractivity contribution is -0.148. The summed E-state index contributed by atoms with van der Waals surface area (Å²) in [5.41, 5.74) is 1.08. The van der Waals surface area contributed by atoms with Crippen LogP contribution in [0.15, 0.2) is 18.2 Å². The molecule has 1 aromatic rings. The Labute approximate surface area is 151 Å². The van der Waals surface area contributed by atoms with Crippen molar-refractivity contribution in [1.29, 1.82) is 0 Å². The fourth-order valence-corrected chi connectivity index (χ4v) is 2.87. The molecule has 0 aliphatic heterocycles. The predicted octanol–water partition coefficient (Wildman–Crippen LogP) is 3.90. The van der Waals surface area contributed by atoms with Crippen LogP contribution in [0, 0.1) is 0 Å². The average molecular weight is 352 g/mol. The van der Waals surface area contributed by atoms with Gasteiger partial charge in [0, 0.05) is 13.3 Å². The van der Waals surface area contributed by atoms with Gasteiger partial charge in [0.1, 0.15) is 6.10 Å². The molecule has 1 aromatic carbocycles. The van der Waals surface area contributed by atoms with Crippen molar-refractivity contribution in [2.45, 2.75) is 71.0 Å². The van der Waals surface area contributed by atoms with Gasteiger partial charge in [-0.1, -0.05) is 25.8 Å². The highest BCUT2D eigenvalue weighted by atomic mass is 16.5. The van der Waals surface area contributed by atoms with Crippen molar-refractivity contribution in [3.8, 4) is 11.5 Å². The Bertz CT molecular complexity index is 515. The normalized spacial score (nSPS) is 13.2. The highest BCUT2D eigenvalue weighted by Crippen LogP contribution is 2.28. The summed E-state index contributed by atoms with van der Waals surface area (Å²) >= 11 is 0. The van der Waals surface area contributed by atoms with Gasteiger partial charge in [0.05, 0.1) is 20.3 Å². The van der Waals surface area contributed by atoms with Crippen LogP contribution in [-0.2, 0) is 16.0 Å². The fraction of sp³-hybridized carbons (Fsp3) is 0.650. The van der Waals surface area contributed by atoms with E-state index in [-0.39, 0.29) is 12.1 Å². The lowest BCUT2D eigenvalue weighted by Crippen LogP contribution is -2.23. The second-order valence-corrected chi connectivity index (χ2v) is 6.34. The molecule has 5 nitrogen and oxygen atoms in total. The number of benzene rings is 1. The first-order valence-electron chi connectivity index (χ1n) is 9.06. The number of carbonyl (C=O) groups is 1. The standard InChI is InChI=1S/C20H32O5/c1-5-6-7-8-18(25-15(2)21)14-17(22)11-9-16-10-12-19(23-3)20(13-16)24-4/h10,12-13,17-18,22H,5-9,11,14H2,1-4H3/t17-,18+/m0/s1. The molecule has 1 rings (SSSR count). The molecule has 0 aromatic heterocycles. The van der Waals surface area contributed by atoms with Crippen molar-refractivity contribution in [2.24, 2.45) is 0 Å². The number of carbonyl (C=O) groups excluding carboxylic acids is 1. The molecular weight excluding hydrogens is 320 g/mol. The summed E-state index contributed by atoms with van der Waals surface area (Å²) in [6.45, 7) is 3.56. The molecule has 0 unspecified atom stereocenters. The van der Waals surface area contributed by atoms with Crippen molar-refractivity contribution < 1.29 is 24.1 Å². The minimum Gasteiger partial charge on any atom is -0.493 e. The van der Waals surface area contributed by atoms with E-state index in [1.807, 2.05) is 18.2 Å². The van der Waals surface area contributed by atoms with Gasteiger partial charge in [-0.3, -0.25) is 4.79 Å². The zero-order valence-electron chi connectivity index (χ0n) is 15.9. The van der Waals surface area contributed by atoms with E-state index in [2.05, 4.69) is 6.92 Å². The molecule has 5 heteroatoms. The maximum absolute atomic E-state index is 11.2. The first kappa shape index (κ1) is 21.3. The number of esters is 1. The topological polar surface area (TPSA) is 65.0 Å². The van der Waals surface area contributed by atoms with Gasteiger partial charge >= 0.3 is 5.97 Å². The van der Waals surface area contributed by atoms with E-state index in [4.69, 9.17) is 14.2 Å². The SMILES string of the molecule is CCCCC[C@H](C[C@@H](O)CCc1ccc(OC)c(OC)c1)OC(C)=O. The average Bonchev–Trinajstić information content (AvgIpc) is 2.59. The molecule has 0 radical (unpaired) electrons. The summed E-state index contributed by atoms with van der Waals surface area (Å²) in [6, 6.07) is 5.77. The van der Waals surface area contributed by atoms with Crippen molar-refractivity contribution >= 4 is 5.97 Å². The molecule has 0 aliphatic rings. The Morgan fingerprint density at radius 1 is 1.12 bits per heavy atom. The van der Waals surface area contributed by atoms with Gasteiger partial charge in [-0.05, 0) is 43.4 Å². The predicted molar refractivity (Wildman–Crippen MR) is 98.2 cm³/mol. The molecule has 0 amide bonds. The number of unbranched alkanes of at least 4 members (excludes halogenated alkanes) is 2. The Kier molecular flexibility index (Phi) is 10.0. The minimum atomic E-state index is -0.501.